The van der Waals surface area contributed by atoms with E-state index >= 15 is 0 Å². The van der Waals surface area contributed by atoms with Crippen LogP contribution < -0.4 is 10.6 Å². The quantitative estimate of drug-likeness (QED) is 0.458. The molecule has 0 atom stereocenters. The molecule has 2 amide bonds. The first-order valence-corrected chi connectivity index (χ1v) is 7.34. The Labute approximate surface area is 138 Å². The van der Waals surface area contributed by atoms with Gasteiger partial charge in [-0.2, -0.15) is 0 Å². The monoisotopic (exact) mass is 331 g/mol. The van der Waals surface area contributed by atoms with Crippen molar-refractivity contribution in [3.63, 3.8) is 0 Å². The van der Waals surface area contributed by atoms with Crippen molar-refractivity contribution < 1.29 is 18.9 Å². The summed E-state index contributed by atoms with van der Waals surface area (Å²) >= 11 is 0. The Balaban J connectivity index is 1.79. The van der Waals surface area contributed by atoms with E-state index in [2.05, 4.69) is 10.6 Å². The minimum absolute atomic E-state index is 0.0895. The van der Waals surface area contributed by atoms with Gasteiger partial charge in [-0.1, -0.05) is 6.07 Å². The lowest BCUT2D eigenvalue weighted by Crippen LogP contribution is -2.30. The first-order valence-electron chi connectivity index (χ1n) is 7.34. The van der Waals surface area contributed by atoms with Crippen LogP contribution in [0, 0.1) is 17.0 Å². The van der Waals surface area contributed by atoms with Crippen molar-refractivity contribution in [2.75, 3.05) is 13.1 Å². The molecule has 0 aliphatic carbocycles. The van der Waals surface area contributed by atoms with Crippen LogP contribution >= 0.6 is 0 Å². The number of rotatable bonds is 7. The molecule has 0 saturated heterocycles. The molecule has 0 aliphatic rings. The molecule has 8 nitrogen and oxygen atoms in total. The van der Waals surface area contributed by atoms with Crippen molar-refractivity contribution in [2.24, 2.45) is 0 Å². The van der Waals surface area contributed by atoms with E-state index in [0.29, 0.717) is 25.1 Å². The van der Waals surface area contributed by atoms with Crippen LogP contribution in [0.15, 0.2) is 41.0 Å². The lowest BCUT2D eigenvalue weighted by atomic mass is 10.1. The Morgan fingerprint density at radius 3 is 2.46 bits per heavy atom. The molecule has 1 aromatic heterocycles. The van der Waals surface area contributed by atoms with Crippen molar-refractivity contribution in [3.8, 4) is 0 Å². The van der Waals surface area contributed by atoms with Crippen LogP contribution in [0.4, 0.5) is 5.69 Å². The standard InChI is InChI=1S/C16H17N3O5/c1-11-12(5-2-6-13(11)19(22)23)15(20)17-8-4-9-18-16(21)14-7-3-10-24-14/h2-3,5-7,10H,4,8-9H2,1H3,(H,17,20)(H,18,21). The zero-order valence-electron chi connectivity index (χ0n) is 13.1. The van der Waals surface area contributed by atoms with Gasteiger partial charge in [-0.25, -0.2) is 0 Å². The van der Waals surface area contributed by atoms with Gasteiger partial charge in [-0.05, 0) is 31.5 Å². The molecule has 0 radical (unpaired) electrons. The summed E-state index contributed by atoms with van der Waals surface area (Å²) in [6.07, 6.45) is 1.93. The Bertz CT molecular complexity index is 740. The Kier molecular flexibility index (Phi) is 5.67. The molecule has 0 fully saturated rings. The Hall–Kier alpha value is -3.16. The molecule has 0 bridgehead atoms. The number of nitrogens with one attached hydrogen (secondary N) is 2. The van der Waals surface area contributed by atoms with Gasteiger partial charge < -0.3 is 15.1 Å². The largest absolute Gasteiger partial charge is 0.459 e. The zero-order chi connectivity index (χ0) is 17.5. The van der Waals surface area contributed by atoms with Crippen molar-refractivity contribution >= 4 is 17.5 Å². The predicted molar refractivity (Wildman–Crippen MR) is 85.8 cm³/mol. The van der Waals surface area contributed by atoms with Crippen LogP contribution in [-0.2, 0) is 0 Å². The fourth-order valence-corrected chi connectivity index (χ4v) is 2.15. The van der Waals surface area contributed by atoms with Gasteiger partial charge in [0.2, 0.25) is 0 Å². The predicted octanol–water partition coefficient (Wildman–Crippen LogP) is 2.05. The summed E-state index contributed by atoms with van der Waals surface area (Å²) in [5.41, 5.74) is 0.503. The second-order valence-electron chi connectivity index (χ2n) is 5.05. The molecular weight excluding hydrogens is 314 g/mol. The maximum absolute atomic E-state index is 12.1. The lowest BCUT2D eigenvalue weighted by molar-refractivity contribution is -0.385. The number of nitro groups is 1. The molecule has 0 unspecified atom stereocenters. The van der Waals surface area contributed by atoms with Crippen LogP contribution in [0.1, 0.15) is 32.9 Å². The van der Waals surface area contributed by atoms with Crippen LogP contribution in [-0.4, -0.2) is 29.8 Å². The number of benzene rings is 1. The number of furan rings is 1. The third-order valence-electron chi connectivity index (χ3n) is 3.42. The number of carbonyl (C=O) groups is 2. The third-order valence-corrected chi connectivity index (χ3v) is 3.42. The number of hydrogen-bond donors (Lipinski definition) is 2. The molecule has 24 heavy (non-hydrogen) atoms. The Morgan fingerprint density at radius 1 is 1.12 bits per heavy atom. The number of amides is 2. The summed E-state index contributed by atoms with van der Waals surface area (Å²) in [5.74, 6) is -0.472. The summed E-state index contributed by atoms with van der Waals surface area (Å²) in [5, 5.41) is 16.2. The minimum atomic E-state index is -0.518. The van der Waals surface area contributed by atoms with E-state index in [1.165, 1.54) is 31.4 Å². The van der Waals surface area contributed by atoms with Crippen molar-refractivity contribution in [1.29, 1.82) is 0 Å². The second-order valence-corrected chi connectivity index (χ2v) is 5.05. The van der Waals surface area contributed by atoms with Crippen molar-refractivity contribution in [1.82, 2.24) is 10.6 Å². The first kappa shape index (κ1) is 17.2. The number of nitrogens with zero attached hydrogens (tertiary/aromatic N) is 1. The van der Waals surface area contributed by atoms with Crippen LogP contribution in [0.2, 0.25) is 0 Å². The molecule has 1 aromatic carbocycles. The summed E-state index contributed by atoms with van der Waals surface area (Å²) < 4.78 is 4.96. The smallest absolute Gasteiger partial charge is 0.286 e. The van der Waals surface area contributed by atoms with Crippen LogP contribution in [0.5, 0.6) is 0 Å². The van der Waals surface area contributed by atoms with Gasteiger partial charge in [0.1, 0.15) is 0 Å². The van der Waals surface area contributed by atoms with E-state index in [-0.39, 0.29) is 28.8 Å². The first-order chi connectivity index (χ1) is 11.5. The van der Waals surface area contributed by atoms with Gasteiger partial charge in [-0.3, -0.25) is 19.7 Å². The number of carbonyl (C=O) groups excluding carboxylic acids is 2. The van der Waals surface area contributed by atoms with Crippen molar-refractivity contribution in [3.05, 3.63) is 63.6 Å². The molecule has 1 heterocycles. The van der Waals surface area contributed by atoms with E-state index in [4.69, 9.17) is 4.42 Å². The lowest BCUT2D eigenvalue weighted by Gasteiger charge is -2.08. The van der Waals surface area contributed by atoms with Crippen LogP contribution in [0.25, 0.3) is 0 Å². The van der Waals surface area contributed by atoms with Gasteiger partial charge in [-0.15, -0.1) is 0 Å². The van der Waals surface area contributed by atoms with Crippen molar-refractivity contribution in [2.45, 2.75) is 13.3 Å². The van der Waals surface area contributed by atoms with E-state index in [0.717, 1.165) is 0 Å². The van der Waals surface area contributed by atoms with E-state index in [1.54, 1.807) is 12.1 Å². The number of nitro benzene ring substituents is 1. The average molecular weight is 331 g/mol. The normalized spacial score (nSPS) is 10.2. The third kappa shape index (κ3) is 4.19. The molecule has 8 heteroatoms. The maximum Gasteiger partial charge on any atom is 0.286 e. The second kappa shape index (κ2) is 7.91. The summed E-state index contributed by atoms with van der Waals surface area (Å²) in [4.78, 5) is 34.1. The van der Waals surface area contributed by atoms with Gasteiger partial charge in [0, 0.05) is 30.3 Å². The van der Waals surface area contributed by atoms with E-state index < -0.39 is 4.92 Å². The molecule has 126 valence electrons. The summed E-state index contributed by atoms with van der Waals surface area (Å²) in [7, 11) is 0. The fraction of sp³-hybridized carbons (Fsp3) is 0.250. The highest BCUT2D eigenvalue weighted by molar-refractivity contribution is 5.96. The summed E-state index contributed by atoms with van der Waals surface area (Å²) in [6.45, 7) is 2.24. The van der Waals surface area contributed by atoms with E-state index in [1.807, 2.05) is 0 Å². The van der Waals surface area contributed by atoms with Gasteiger partial charge in [0.15, 0.2) is 5.76 Å². The highest BCUT2D eigenvalue weighted by Crippen LogP contribution is 2.20. The zero-order valence-corrected chi connectivity index (χ0v) is 13.1. The van der Waals surface area contributed by atoms with E-state index in [9.17, 15) is 19.7 Å². The highest BCUT2D eigenvalue weighted by atomic mass is 16.6. The average Bonchev–Trinajstić information content (AvgIpc) is 3.08. The Morgan fingerprint density at radius 2 is 1.83 bits per heavy atom. The fourth-order valence-electron chi connectivity index (χ4n) is 2.15. The van der Waals surface area contributed by atoms with Gasteiger partial charge >= 0.3 is 0 Å². The van der Waals surface area contributed by atoms with Gasteiger partial charge in [0.25, 0.3) is 17.5 Å². The molecule has 2 N–H and O–H groups in total. The molecule has 2 rings (SSSR count). The maximum atomic E-state index is 12.1. The SMILES string of the molecule is Cc1c(C(=O)NCCCNC(=O)c2ccco2)cccc1[N+](=O)[O-]. The molecule has 0 saturated carbocycles. The van der Waals surface area contributed by atoms with Crippen LogP contribution in [0.3, 0.4) is 0 Å². The topological polar surface area (TPSA) is 114 Å². The molecular formula is C16H17N3O5. The summed E-state index contributed by atoms with van der Waals surface area (Å²) in [6, 6.07) is 7.55. The number of hydrogen-bond acceptors (Lipinski definition) is 5. The van der Waals surface area contributed by atoms with Gasteiger partial charge in [0.05, 0.1) is 11.2 Å². The minimum Gasteiger partial charge on any atom is -0.459 e. The highest BCUT2D eigenvalue weighted by Gasteiger charge is 2.17. The molecule has 0 aliphatic heterocycles. The molecule has 0 spiro atoms. The molecule has 2 aromatic rings.